The van der Waals surface area contributed by atoms with Crippen molar-refractivity contribution in [3.8, 4) is 17.2 Å². The number of halogens is 3. The number of nitriles is 1. The number of nitrogens with zero attached hydrogens (tertiary/aromatic N) is 6. The smallest absolute Gasteiger partial charge is 0.366 e. The molecule has 1 unspecified atom stereocenters. The van der Waals surface area contributed by atoms with Crippen LogP contribution in [0.2, 0.25) is 0 Å². The highest BCUT2D eigenvalue weighted by Crippen LogP contribution is 2.44. The molecule has 1 saturated carbocycles. The number of pyridine rings is 1. The van der Waals surface area contributed by atoms with E-state index in [9.17, 15) is 28.0 Å². The van der Waals surface area contributed by atoms with Crippen LogP contribution in [0, 0.1) is 11.3 Å². The molecule has 0 amide bonds. The fourth-order valence-electron chi connectivity index (χ4n) is 6.97. The van der Waals surface area contributed by atoms with Gasteiger partial charge in [0.05, 0.1) is 28.4 Å². The first kappa shape index (κ1) is 28.8. The number of rotatable bonds is 6. The van der Waals surface area contributed by atoms with Gasteiger partial charge in [0, 0.05) is 71.9 Å². The molecule has 44 heavy (non-hydrogen) atoms. The molecular formula is C32H31F3N6O2S. The van der Waals surface area contributed by atoms with Crippen molar-refractivity contribution in [2.45, 2.75) is 69.9 Å². The molecule has 7 rings (SSSR count). The first-order valence-electron chi connectivity index (χ1n) is 15.0. The van der Waals surface area contributed by atoms with Gasteiger partial charge in [0.2, 0.25) is 0 Å². The molecule has 1 aliphatic carbocycles. The molecule has 0 N–H and O–H groups in total. The summed E-state index contributed by atoms with van der Waals surface area (Å²) in [6.45, 7) is 1.44. The number of benzene rings is 1. The zero-order chi connectivity index (χ0) is 30.6. The molecule has 12 heteroatoms. The van der Waals surface area contributed by atoms with Gasteiger partial charge in [-0.1, -0.05) is 6.42 Å². The first-order chi connectivity index (χ1) is 21.2. The van der Waals surface area contributed by atoms with Crippen LogP contribution in [0.5, 0.6) is 0 Å². The predicted octanol–water partition coefficient (Wildman–Crippen LogP) is 5.15. The third kappa shape index (κ3) is 5.32. The van der Waals surface area contributed by atoms with Crippen LogP contribution in [0.4, 0.5) is 18.9 Å². The summed E-state index contributed by atoms with van der Waals surface area (Å²) in [4.78, 5) is 35.7. The summed E-state index contributed by atoms with van der Waals surface area (Å²) in [5.74, 6) is 0. The van der Waals surface area contributed by atoms with Crippen LogP contribution in [0.25, 0.3) is 21.3 Å². The average molecular weight is 621 g/mol. The van der Waals surface area contributed by atoms with Gasteiger partial charge in [-0.25, -0.2) is 4.79 Å². The summed E-state index contributed by atoms with van der Waals surface area (Å²) < 4.78 is 41.2. The summed E-state index contributed by atoms with van der Waals surface area (Å²) in [5, 5.41) is 9.93. The molecule has 3 aliphatic rings. The molecule has 2 fully saturated rings. The van der Waals surface area contributed by atoms with E-state index in [2.05, 4.69) is 20.9 Å². The van der Waals surface area contributed by atoms with Crippen LogP contribution in [-0.4, -0.2) is 56.9 Å². The van der Waals surface area contributed by atoms with Crippen LogP contribution < -0.4 is 16.1 Å². The normalized spacial score (nSPS) is 19.2. The minimum absolute atomic E-state index is 0.168. The lowest BCUT2D eigenvalue weighted by Crippen LogP contribution is -2.44. The second-order valence-corrected chi connectivity index (χ2v) is 13.2. The summed E-state index contributed by atoms with van der Waals surface area (Å²) in [5.41, 5.74) is 3.77. The van der Waals surface area contributed by atoms with Gasteiger partial charge in [0.15, 0.2) is 0 Å². The minimum atomic E-state index is -4.60. The molecule has 228 valence electrons. The van der Waals surface area contributed by atoms with Crippen LogP contribution >= 0.6 is 11.3 Å². The third-order valence-electron chi connectivity index (χ3n) is 9.23. The van der Waals surface area contributed by atoms with E-state index >= 15 is 0 Å². The highest BCUT2D eigenvalue weighted by Gasteiger charge is 2.36. The molecule has 8 nitrogen and oxygen atoms in total. The standard InChI is InChI=1S/C32H31F3N6O2S/c33-32(34,35)19-39-12-8-28(42)41(31(39)43)18-24-15-27-30(44-24)25(6-9-37-27)26-14-20(16-36)13-21-3-2-10-40(29(21)26)23-7-11-38(17-23)22-4-1-5-22/h6,8-9,12-15,22-23H,1-5,7,10-11,17-19H2. The number of likely N-dealkylation sites (tertiary alicyclic amines) is 1. The lowest BCUT2D eigenvalue weighted by molar-refractivity contribution is -0.141. The predicted molar refractivity (Wildman–Crippen MR) is 163 cm³/mol. The van der Waals surface area contributed by atoms with Crippen LogP contribution in [0.1, 0.15) is 48.1 Å². The van der Waals surface area contributed by atoms with E-state index in [1.807, 2.05) is 18.2 Å². The highest BCUT2D eigenvalue weighted by molar-refractivity contribution is 7.19. The lowest BCUT2D eigenvalue weighted by atomic mass is 9.90. The topological polar surface area (TPSA) is 87.2 Å². The van der Waals surface area contributed by atoms with Gasteiger partial charge in [0.1, 0.15) is 6.54 Å². The van der Waals surface area contributed by atoms with Crippen LogP contribution in [0.3, 0.4) is 0 Å². The van der Waals surface area contributed by atoms with E-state index in [4.69, 9.17) is 0 Å². The molecule has 2 aliphatic heterocycles. The molecule has 0 radical (unpaired) electrons. The van der Waals surface area contributed by atoms with Crippen LogP contribution in [-0.2, 0) is 19.5 Å². The highest BCUT2D eigenvalue weighted by atomic mass is 32.1. The zero-order valence-electron chi connectivity index (χ0n) is 24.0. The average Bonchev–Trinajstić information content (AvgIpc) is 3.61. The second kappa shape index (κ2) is 11.2. The maximum absolute atomic E-state index is 13.0. The number of fused-ring (bicyclic) bond motifs is 2. The Kier molecular flexibility index (Phi) is 7.33. The first-order valence-corrected chi connectivity index (χ1v) is 15.8. The molecule has 3 aromatic heterocycles. The second-order valence-electron chi connectivity index (χ2n) is 12.0. The Labute approximate surface area is 255 Å². The Morgan fingerprint density at radius 1 is 1.02 bits per heavy atom. The Bertz CT molecular complexity index is 1900. The summed E-state index contributed by atoms with van der Waals surface area (Å²) in [7, 11) is 0. The Morgan fingerprint density at radius 3 is 2.61 bits per heavy atom. The van der Waals surface area contributed by atoms with Crippen molar-refractivity contribution < 1.29 is 13.2 Å². The molecule has 0 spiro atoms. The quantitative estimate of drug-likeness (QED) is 0.297. The van der Waals surface area contributed by atoms with Crippen molar-refractivity contribution in [1.82, 2.24) is 19.0 Å². The molecular weight excluding hydrogens is 589 g/mol. The lowest BCUT2D eigenvalue weighted by Gasteiger charge is -2.39. The van der Waals surface area contributed by atoms with Gasteiger partial charge >= 0.3 is 11.9 Å². The van der Waals surface area contributed by atoms with Crippen molar-refractivity contribution in [3.63, 3.8) is 0 Å². The summed E-state index contributed by atoms with van der Waals surface area (Å²) >= 11 is 1.36. The minimum Gasteiger partial charge on any atom is -0.366 e. The maximum Gasteiger partial charge on any atom is 0.406 e. The van der Waals surface area contributed by atoms with Crippen molar-refractivity contribution in [2.75, 3.05) is 24.5 Å². The Morgan fingerprint density at radius 2 is 1.86 bits per heavy atom. The van der Waals surface area contributed by atoms with E-state index in [-0.39, 0.29) is 6.54 Å². The van der Waals surface area contributed by atoms with Crippen molar-refractivity contribution in [1.29, 1.82) is 5.26 Å². The molecule has 1 saturated heterocycles. The van der Waals surface area contributed by atoms with Gasteiger partial charge in [0.25, 0.3) is 5.56 Å². The zero-order valence-corrected chi connectivity index (χ0v) is 24.8. The number of thiophene rings is 1. The summed E-state index contributed by atoms with van der Waals surface area (Å²) in [6.07, 6.45) is 4.87. The third-order valence-corrected chi connectivity index (χ3v) is 10.4. The van der Waals surface area contributed by atoms with Gasteiger partial charge < -0.3 is 4.90 Å². The molecule has 4 aromatic rings. The van der Waals surface area contributed by atoms with Crippen molar-refractivity contribution in [3.05, 3.63) is 79.6 Å². The number of alkyl halides is 3. The number of hydrogen-bond donors (Lipinski definition) is 0. The van der Waals surface area contributed by atoms with Gasteiger partial charge in [-0.3, -0.25) is 23.8 Å². The van der Waals surface area contributed by atoms with Crippen molar-refractivity contribution in [2.24, 2.45) is 0 Å². The molecule has 1 aromatic carbocycles. The monoisotopic (exact) mass is 620 g/mol. The van der Waals surface area contributed by atoms with E-state index in [1.54, 1.807) is 12.3 Å². The van der Waals surface area contributed by atoms with Gasteiger partial charge in [-0.2, -0.15) is 18.4 Å². The number of aromatic nitrogens is 3. The summed E-state index contributed by atoms with van der Waals surface area (Å²) in [6, 6.07) is 12.1. The van der Waals surface area contributed by atoms with E-state index in [1.165, 1.54) is 30.6 Å². The fraction of sp³-hybridized carbons (Fsp3) is 0.438. The van der Waals surface area contributed by atoms with Crippen molar-refractivity contribution >= 4 is 27.2 Å². The fourth-order valence-corrected chi connectivity index (χ4v) is 8.10. The number of aryl methyl sites for hydroxylation is 1. The number of anilines is 1. The maximum atomic E-state index is 13.0. The molecule has 0 bridgehead atoms. The van der Waals surface area contributed by atoms with Gasteiger partial charge in [-0.15, -0.1) is 11.3 Å². The van der Waals surface area contributed by atoms with E-state index in [0.29, 0.717) is 32.6 Å². The Hall–Kier alpha value is -3.95. The SMILES string of the molecule is N#Cc1cc2c(c(-c3ccnc4cc(Cn5c(=O)ccn(CC(F)(F)F)c5=O)sc34)c1)N(C1CCN(C3CCC3)C1)CCC2. The number of hydrogen-bond acceptors (Lipinski definition) is 7. The van der Waals surface area contributed by atoms with E-state index < -0.39 is 24.0 Å². The largest absolute Gasteiger partial charge is 0.406 e. The van der Waals surface area contributed by atoms with Gasteiger partial charge in [-0.05, 0) is 61.9 Å². The van der Waals surface area contributed by atoms with Crippen LogP contribution in [0.15, 0.2) is 52.3 Å². The van der Waals surface area contributed by atoms with E-state index in [0.717, 1.165) is 82.8 Å². The molecule has 1 atom stereocenters. The Balaban J connectivity index is 1.28. The molecule has 5 heterocycles.